The Morgan fingerprint density at radius 3 is 2.44 bits per heavy atom. The van der Waals surface area contributed by atoms with Crippen LogP contribution in [0, 0.1) is 6.92 Å². The molecule has 0 N–H and O–H groups in total. The normalized spacial score (nSPS) is 14.4. The quantitative estimate of drug-likeness (QED) is 0.709. The van der Waals surface area contributed by atoms with Crippen LogP contribution in [0.15, 0.2) is 54.9 Å². The summed E-state index contributed by atoms with van der Waals surface area (Å²) in [6, 6.07) is 13.8. The fourth-order valence-corrected chi connectivity index (χ4v) is 3.31. The van der Waals surface area contributed by atoms with E-state index in [9.17, 15) is 4.79 Å². The Bertz CT molecular complexity index is 898. The van der Waals surface area contributed by atoms with Crippen LogP contribution in [0.3, 0.4) is 0 Å². The molecule has 0 bridgehead atoms. The van der Waals surface area contributed by atoms with Crippen molar-refractivity contribution in [1.29, 1.82) is 0 Å². The number of anilines is 1. The number of aryl methyl sites for hydroxylation is 1. The number of hydrogen-bond donors (Lipinski definition) is 0. The molecule has 4 rings (SSSR count). The summed E-state index contributed by atoms with van der Waals surface area (Å²) in [5.74, 6) is 1.70. The summed E-state index contributed by atoms with van der Waals surface area (Å²) < 4.78 is 1.68. The zero-order valence-electron chi connectivity index (χ0n) is 15.3. The average Bonchev–Trinajstić information content (AvgIpc) is 3.23. The van der Waals surface area contributed by atoms with Crippen LogP contribution >= 0.6 is 0 Å². The van der Waals surface area contributed by atoms with Crippen LogP contribution in [0.4, 0.5) is 5.82 Å². The van der Waals surface area contributed by atoms with Crippen LogP contribution in [-0.2, 0) is 11.2 Å². The van der Waals surface area contributed by atoms with Gasteiger partial charge in [-0.3, -0.25) is 4.79 Å². The van der Waals surface area contributed by atoms with Gasteiger partial charge in [0.1, 0.15) is 0 Å². The van der Waals surface area contributed by atoms with Crippen LogP contribution in [0.1, 0.15) is 11.1 Å². The van der Waals surface area contributed by atoms with E-state index in [4.69, 9.17) is 0 Å². The van der Waals surface area contributed by atoms with E-state index in [1.807, 2.05) is 54.4 Å². The van der Waals surface area contributed by atoms with E-state index in [0.29, 0.717) is 25.3 Å². The van der Waals surface area contributed by atoms with Gasteiger partial charge in [0.2, 0.25) is 5.91 Å². The number of carbonyl (C=O) groups is 1. The second-order valence-corrected chi connectivity index (χ2v) is 6.73. The molecule has 1 fully saturated rings. The Morgan fingerprint density at radius 1 is 1.00 bits per heavy atom. The lowest BCUT2D eigenvalue weighted by molar-refractivity contribution is -0.130. The summed E-state index contributed by atoms with van der Waals surface area (Å²) in [6.07, 6.45) is 4.00. The molecule has 0 unspecified atom stereocenters. The van der Waals surface area contributed by atoms with E-state index in [-0.39, 0.29) is 5.91 Å². The van der Waals surface area contributed by atoms with Crippen molar-refractivity contribution in [3.05, 3.63) is 66.0 Å². The minimum atomic E-state index is 0.181. The minimum Gasteiger partial charge on any atom is -0.352 e. The molecule has 3 aromatic rings. The molecule has 7 heteroatoms. The molecule has 1 aromatic carbocycles. The average molecular weight is 362 g/mol. The number of benzene rings is 1. The second-order valence-electron chi connectivity index (χ2n) is 6.73. The molecule has 0 atom stereocenters. The van der Waals surface area contributed by atoms with Gasteiger partial charge in [0.15, 0.2) is 11.6 Å². The molecule has 0 aliphatic carbocycles. The first kappa shape index (κ1) is 17.2. The Morgan fingerprint density at radius 2 is 1.78 bits per heavy atom. The lowest BCUT2D eigenvalue weighted by Crippen LogP contribution is -2.49. The van der Waals surface area contributed by atoms with Gasteiger partial charge >= 0.3 is 0 Å². The molecule has 0 radical (unpaired) electrons. The third-order valence-corrected chi connectivity index (χ3v) is 4.77. The smallest absolute Gasteiger partial charge is 0.227 e. The molecule has 138 valence electrons. The zero-order chi connectivity index (χ0) is 18.6. The van der Waals surface area contributed by atoms with Gasteiger partial charge in [-0.25, -0.2) is 4.68 Å². The molecule has 7 nitrogen and oxygen atoms in total. The Hall–Kier alpha value is -3.22. The number of aromatic nitrogens is 4. The minimum absolute atomic E-state index is 0.181. The van der Waals surface area contributed by atoms with Gasteiger partial charge < -0.3 is 9.80 Å². The third-order valence-electron chi connectivity index (χ3n) is 4.77. The summed E-state index contributed by atoms with van der Waals surface area (Å²) in [4.78, 5) is 16.7. The summed E-state index contributed by atoms with van der Waals surface area (Å²) in [6.45, 7) is 4.97. The highest BCUT2D eigenvalue weighted by Gasteiger charge is 2.22. The predicted molar refractivity (Wildman–Crippen MR) is 103 cm³/mol. The first-order valence-corrected chi connectivity index (χ1v) is 9.11. The van der Waals surface area contributed by atoms with Crippen molar-refractivity contribution in [2.45, 2.75) is 13.3 Å². The lowest BCUT2D eigenvalue weighted by Gasteiger charge is -2.35. The molecule has 0 saturated carbocycles. The van der Waals surface area contributed by atoms with Gasteiger partial charge in [0.25, 0.3) is 0 Å². The molecule has 3 heterocycles. The molecule has 1 aliphatic heterocycles. The van der Waals surface area contributed by atoms with Crippen molar-refractivity contribution < 1.29 is 4.79 Å². The Balaban J connectivity index is 1.34. The number of hydrogen-bond acceptors (Lipinski definition) is 5. The van der Waals surface area contributed by atoms with E-state index in [1.54, 1.807) is 10.9 Å². The maximum absolute atomic E-state index is 12.6. The SMILES string of the molecule is Cc1cccc(CC(=O)N2CCN(c3ccc(-n4cccn4)nn3)CC2)c1. The number of amides is 1. The maximum Gasteiger partial charge on any atom is 0.227 e. The van der Waals surface area contributed by atoms with E-state index in [0.717, 1.165) is 24.5 Å². The summed E-state index contributed by atoms with van der Waals surface area (Å²) in [5.41, 5.74) is 2.25. The number of piperazine rings is 1. The molecule has 27 heavy (non-hydrogen) atoms. The van der Waals surface area contributed by atoms with Crippen molar-refractivity contribution in [2.24, 2.45) is 0 Å². The molecule has 2 aromatic heterocycles. The van der Waals surface area contributed by atoms with Crippen molar-refractivity contribution in [2.75, 3.05) is 31.1 Å². The van der Waals surface area contributed by atoms with Gasteiger partial charge in [-0.15, -0.1) is 10.2 Å². The van der Waals surface area contributed by atoms with Crippen LogP contribution in [0.25, 0.3) is 5.82 Å². The topological polar surface area (TPSA) is 67.2 Å². The highest BCUT2D eigenvalue weighted by atomic mass is 16.2. The standard InChI is InChI=1S/C20H22N6O/c1-16-4-2-5-17(14-16)15-20(27)25-12-10-24(11-13-25)18-6-7-19(23-22-18)26-9-3-8-21-26/h2-9,14H,10-13,15H2,1H3. The molecule has 1 aliphatic rings. The van der Waals surface area contributed by atoms with Crippen LogP contribution in [0.5, 0.6) is 0 Å². The fourth-order valence-electron chi connectivity index (χ4n) is 3.31. The first-order chi connectivity index (χ1) is 13.2. The number of carbonyl (C=O) groups excluding carboxylic acids is 1. The molecule has 0 spiro atoms. The van der Waals surface area contributed by atoms with Crippen LogP contribution in [0.2, 0.25) is 0 Å². The van der Waals surface area contributed by atoms with Gasteiger partial charge in [0, 0.05) is 38.6 Å². The fraction of sp³-hybridized carbons (Fsp3) is 0.300. The number of rotatable bonds is 4. The highest BCUT2D eigenvalue weighted by Crippen LogP contribution is 2.15. The first-order valence-electron chi connectivity index (χ1n) is 9.11. The highest BCUT2D eigenvalue weighted by molar-refractivity contribution is 5.79. The van der Waals surface area contributed by atoms with Crippen LogP contribution in [-0.4, -0.2) is 57.0 Å². The monoisotopic (exact) mass is 362 g/mol. The van der Waals surface area contributed by atoms with E-state index >= 15 is 0 Å². The largest absolute Gasteiger partial charge is 0.352 e. The van der Waals surface area contributed by atoms with Crippen molar-refractivity contribution >= 4 is 11.7 Å². The summed E-state index contributed by atoms with van der Waals surface area (Å²) in [7, 11) is 0. The maximum atomic E-state index is 12.6. The van der Waals surface area contributed by atoms with E-state index in [1.165, 1.54) is 5.56 Å². The van der Waals surface area contributed by atoms with Crippen molar-refractivity contribution in [3.8, 4) is 5.82 Å². The van der Waals surface area contributed by atoms with E-state index in [2.05, 4.69) is 26.3 Å². The summed E-state index contributed by atoms with van der Waals surface area (Å²) >= 11 is 0. The zero-order valence-corrected chi connectivity index (χ0v) is 15.3. The Labute approximate surface area is 158 Å². The second kappa shape index (κ2) is 7.57. The molecule has 1 saturated heterocycles. The summed E-state index contributed by atoms with van der Waals surface area (Å²) in [5, 5.41) is 12.7. The third kappa shape index (κ3) is 3.97. The molecule has 1 amide bonds. The van der Waals surface area contributed by atoms with Gasteiger partial charge in [-0.2, -0.15) is 5.10 Å². The number of nitrogens with zero attached hydrogens (tertiary/aromatic N) is 6. The van der Waals surface area contributed by atoms with Gasteiger partial charge in [-0.05, 0) is 30.7 Å². The van der Waals surface area contributed by atoms with Crippen LogP contribution < -0.4 is 4.90 Å². The lowest BCUT2D eigenvalue weighted by atomic mass is 10.1. The Kier molecular flexibility index (Phi) is 4.82. The molecular formula is C20H22N6O. The van der Waals surface area contributed by atoms with Gasteiger partial charge in [-0.1, -0.05) is 29.8 Å². The predicted octanol–water partition coefficient (Wildman–Crippen LogP) is 1.86. The molecular weight excluding hydrogens is 340 g/mol. The van der Waals surface area contributed by atoms with E-state index < -0.39 is 0 Å². The van der Waals surface area contributed by atoms with Gasteiger partial charge in [0.05, 0.1) is 6.42 Å². The van der Waals surface area contributed by atoms with Crippen molar-refractivity contribution in [3.63, 3.8) is 0 Å². The van der Waals surface area contributed by atoms with Crippen molar-refractivity contribution in [1.82, 2.24) is 24.9 Å².